The highest BCUT2D eigenvalue weighted by Gasteiger charge is 2.25. The molecule has 1 aromatic carbocycles. The van der Waals surface area contributed by atoms with Crippen LogP contribution in [-0.2, 0) is 12.0 Å². The first-order valence-corrected chi connectivity index (χ1v) is 6.86. The number of para-hydroxylation sites is 1. The van der Waals surface area contributed by atoms with Crippen LogP contribution in [0.4, 0.5) is 0 Å². The zero-order chi connectivity index (χ0) is 14.0. The Kier molecular flexibility index (Phi) is 3.85. The Balaban J connectivity index is 2.63. The van der Waals surface area contributed by atoms with Crippen molar-refractivity contribution >= 4 is 11.0 Å². The summed E-state index contributed by atoms with van der Waals surface area (Å²) < 4.78 is 11.7. The molecule has 0 aliphatic heterocycles. The molecule has 3 nitrogen and oxygen atoms in total. The topological polar surface area (TPSA) is 48.4 Å². The first-order chi connectivity index (χ1) is 8.99. The number of hydrogen-bond donors (Lipinski definition) is 1. The summed E-state index contributed by atoms with van der Waals surface area (Å²) in [6.45, 7) is 9.73. The van der Waals surface area contributed by atoms with Crippen LogP contribution >= 0.6 is 0 Å². The Morgan fingerprint density at radius 1 is 1.26 bits per heavy atom. The molecule has 0 bridgehead atoms. The molecule has 0 aliphatic carbocycles. The first kappa shape index (κ1) is 13.9. The lowest BCUT2D eigenvalue weighted by molar-refractivity contribution is 0.315. The summed E-state index contributed by atoms with van der Waals surface area (Å²) in [6.07, 6.45) is 0.979. The third-order valence-corrected chi connectivity index (χ3v) is 3.15. The van der Waals surface area contributed by atoms with Crippen molar-refractivity contribution < 1.29 is 9.15 Å². The largest absolute Gasteiger partial charge is 0.490 e. The summed E-state index contributed by atoms with van der Waals surface area (Å²) in [5.74, 6) is 1.67. The third kappa shape index (κ3) is 2.61. The molecule has 3 heteroatoms. The fourth-order valence-corrected chi connectivity index (χ4v) is 2.43. The van der Waals surface area contributed by atoms with Gasteiger partial charge in [0.15, 0.2) is 11.3 Å². The van der Waals surface area contributed by atoms with Crippen LogP contribution in [0.3, 0.4) is 0 Å². The Bertz CT molecular complexity index is 564. The van der Waals surface area contributed by atoms with Crippen LogP contribution in [-0.4, -0.2) is 6.61 Å². The van der Waals surface area contributed by atoms with Gasteiger partial charge in [0.2, 0.25) is 0 Å². The zero-order valence-corrected chi connectivity index (χ0v) is 12.2. The summed E-state index contributed by atoms with van der Waals surface area (Å²) in [7, 11) is 0. The number of fused-ring (bicyclic) bond motifs is 1. The van der Waals surface area contributed by atoms with E-state index in [9.17, 15) is 0 Å². The van der Waals surface area contributed by atoms with Crippen LogP contribution < -0.4 is 10.5 Å². The molecule has 0 saturated carbocycles. The van der Waals surface area contributed by atoms with Gasteiger partial charge in [-0.2, -0.15) is 0 Å². The lowest BCUT2D eigenvalue weighted by atomic mass is 9.85. The maximum Gasteiger partial charge on any atom is 0.176 e. The molecule has 0 atom stereocenters. The Morgan fingerprint density at radius 2 is 2.00 bits per heavy atom. The normalized spacial score (nSPS) is 12.1. The van der Waals surface area contributed by atoms with E-state index in [1.54, 1.807) is 0 Å². The van der Waals surface area contributed by atoms with Gasteiger partial charge in [-0.1, -0.05) is 39.8 Å². The second kappa shape index (κ2) is 5.25. The minimum Gasteiger partial charge on any atom is -0.490 e. The number of rotatable bonds is 4. The molecule has 0 saturated heterocycles. The van der Waals surface area contributed by atoms with Crippen molar-refractivity contribution in [2.75, 3.05) is 6.61 Å². The van der Waals surface area contributed by atoms with Crippen molar-refractivity contribution in [1.29, 1.82) is 0 Å². The predicted molar refractivity (Wildman–Crippen MR) is 78.6 cm³/mol. The van der Waals surface area contributed by atoms with Gasteiger partial charge in [-0.25, -0.2) is 0 Å². The van der Waals surface area contributed by atoms with Crippen LogP contribution in [0.1, 0.15) is 45.4 Å². The SMILES string of the molecule is CCCOc1cccc2c(C(C)(C)C)c(CN)oc12. The molecule has 1 heterocycles. The Labute approximate surface area is 114 Å². The Morgan fingerprint density at radius 3 is 2.58 bits per heavy atom. The second-order valence-corrected chi connectivity index (χ2v) is 5.84. The molecule has 2 rings (SSSR count). The van der Waals surface area contributed by atoms with E-state index in [1.165, 1.54) is 5.56 Å². The van der Waals surface area contributed by atoms with E-state index in [0.29, 0.717) is 13.2 Å². The fourth-order valence-electron chi connectivity index (χ4n) is 2.43. The molecule has 0 spiro atoms. The molecular weight excluding hydrogens is 238 g/mol. The molecule has 1 aromatic heterocycles. The third-order valence-electron chi connectivity index (χ3n) is 3.15. The van der Waals surface area contributed by atoms with Crippen molar-refractivity contribution in [2.24, 2.45) is 5.73 Å². The summed E-state index contributed by atoms with van der Waals surface area (Å²) >= 11 is 0. The first-order valence-electron chi connectivity index (χ1n) is 6.86. The van der Waals surface area contributed by atoms with Crippen LogP contribution in [0.25, 0.3) is 11.0 Å². The van der Waals surface area contributed by atoms with E-state index < -0.39 is 0 Å². The molecule has 0 fully saturated rings. The minimum atomic E-state index is 0.00331. The quantitative estimate of drug-likeness (QED) is 0.905. The second-order valence-electron chi connectivity index (χ2n) is 5.84. The van der Waals surface area contributed by atoms with E-state index in [2.05, 4.69) is 33.8 Å². The zero-order valence-electron chi connectivity index (χ0n) is 12.2. The van der Waals surface area contributed by atoms with Crippen LogP contribution in [0.15, 0.2) is 22.6 Å². The standard InChI is InChI=1S/C16H23NO2/c1-5-9-18-12-8-6-7-11-14(16(2,3)4)13(10-17)19-15(11)12/h6-8H,5,9-10,17H2,1-4H3. The molecule has 2 aromatic rings. The summed E-state index contributed by atoms with van der Waals surface area (Å²) in [4.78, 5) is 0. The van der Waals surface area contributed by atoms with Gasteiger partial charge in [0.25, 0.3) is 0 Å². The molecule has 19 heavy (non-hydrogen) atoms. The van der Waals surface area contributed by atoms with Gasteiger partial charge < -0.3 is 14.9 Å². The van der Waals surface area contributed by atoms with Gasteiger partial charge in [-0.15, -0.1) is 0 Å². The van der Waals surface area contributed by atoms with Crippen molar-refractivity contribution in [1.82, 2.24) is 0 Å². The summed E-state index contributed by atoms with van der Waals surface area (Å²) in [5.41, 5.74) is 7.84. The van der Waals surface area contributed by atoms with Gasteiger partial charge in [-0.3, -0.25) is 0 Å². The highest BCUT2D eigenvalue weighted by Crippen LogP contribution is 2.39. The van der Waals surface area contributed by atoms with Gasteiger partial charge in [0.1, 0.15) is 5.76 Å². The molecule has 0 aliphatic rings. The molecule has 0 unspecified atom stereocenters. The van der Waals surface area contributed by atoms with Gasteiger partial charge >= 0.3 is 0 Å². The highest BCUT2D eigenvalue weighted by atomic mass is 16.5. The van der Waals surface area contributed by atoms with Crippen molar-refractivity contribution in [3.05, 3.63) is 29.5 Å². The maximum absolute atomic E-state index is 5.95. The molecular formula is C16H23NO2. The number of benzene rings is 1. The van der Waals surface area contributed by atoms with Crippen molar-refractivity contribution in [3.63, 3.8) is 0 Å². The number of nitrogens with two attached hydrogens (primary N) is 1. The Hall–Kier alpha value is -1.48. The van der Waals surface area contributed by atoms with Crippen LogP contribution in [0.2, 0.25) is 0 Å². The fraction of sp³-hybridized carbons (Fsp3) is 0.500. The van der Waals surface area contributed by atoms with E-state index in [0.717, 1.165) is 28.9 Å². The van der Waals surface area contributed by atoms with Crippen LogP contribution in [0.5, 0.6) is 5.75 Å². The lowest BCUT2D eigenvalue weighted by Crippen LogP contribution is -2.14. The predicted octanol–water partition coefficient (Wildman–Crippen LogP) is 3.98. The van der Waals surface area contributed by atoms with Crippen LogP contribution in [0, 0.1) is 0 Å². The van der Waals surface area contributed by atoms with E-state index in [1.807, 2.05) is 12.1 Å². The van der Waals surface area contributed by atoms with E-state index >= 15 is 0 Å². The summed E-state index contributed by atoms with van der Waals surface area (Å²) in [5, 5.41) is 1.11. The number of ether oxygens (including phenoxy) is 1. The lowest BCUT2D eigenvalue weighted by Gasteiger charge is -2.18. The maximum atomic E-state index is 5.95. The molecule has 0 radical (unpaired) electrons. The molecule has 0 amide bonds. The van der Waals surface area contributed by atoms with Gasteiger partial charge in [-0.05, 0) is 17.9 Å². The van der Waals surface area contributed by atoms with Crippen molar-refractivity contribution in [2.45, 2.75) is 46.1 Å². The average Bonchev–Trinajstić information content (AvgIpc) is 2.74. The van der Waals surface area contributed by atoms with Gasteiger partial charge in [0.05, 0.1) is 13.2 Å². The molecule has 104 valence electrons. The highest BCUT2D eigenvalue weighted by molar-refractivity contribution is 5.88. The van der Waals surface area contributed by atoms with E-state index in [4.69, 9.17) is 14.9 Å². The monoisotopic (exact) mass is 261 g/mol. The summed E-state index contributed by atoms with van der Waals surface area (Å²) in [6, 6.07) is 6.05. The average molecular weight is 261 g/mol. The van der Waals surface area contributed by atoms with Gasteiger partial charge in [0, 0.05) is 10.9 Å². The number of hydrogen-bond acceptors (Lipinski definition) is 3. The van der Waals surface area contributed by atoms with E-state index in [-0.39, 0.29) is 5.41 Å². The number of furan rings is 1. The minimum absolute atomic E-state index is 0.00331. The molecule has 2 N–H and O–H groups in total. The van der Waals surface area contributed by atoms with Crippen molar-refractivity contribution in [3.8, 4) is 5.75 Å². The smallest absolute Gasteiger partial charge is 0.176 e.